The number of nitrogens with one attached hydrogen (secondary N) is 2. The van der Waals surface area contributed by atoms with Gasteiger partial charge < -0.3 is 25.2 Å². The van der Waals surface area contributed by atoms with E-state index in [9.17, 15) is 14.7 Å². The van der Waals surface area contributed by atoms with Crippen LogP contribution in [0.5, 0.6) is 0 Å². The summed E-state index contributed by atoms with van der Waals surface area (Å²) < 4.78 is 13.1. The van der Waals surface area contributed by atoms with Crippen molar-refractivity contribution in [1.29, 1.82) is 0 Å². The summed E-state index contributed by atoms with van der Waals surface area (Å²) in [6.07, 6.45) is 3.03. The number of ether oxygens (including phenoxy) is 2. The zero-order valence-electron chi connectivity index (χ0n) is 26.5. The van der Waals surface area contributed by atoms with E-state index in [1.54, 1.807) is 36.3 Å². The molecule has 9 heteroatoms. The number of amides is 2. The molecular weight excluding hydrogens is 623 g/mol. The average Bonchev–Trinajstić information content (AvgIpc) is 3.14. The largest absolute Gasteiger partial charge is 0.392 e. The fourth-order valence-electron chi connectivity index (χ4n) is 5.60. The Hall–Kier alpha value is -4.80. The minimum absolute atomic E-state index is 0.0100. The number of anilines is 1. The Morgan fingerprint density at radius 1 is 0.875 bits per heavy atom. The van der Waals surface area contributed by atoms with Crippen molar-refractivity contribution in [3.63, 3.8) is 0 Å². The van der Waals surface area contributed by atoms with Gasteiger partial charge in [-0.3, -0.25) is 14.6 Å². The molecule has 3 N–H and O–H groups in total. The summed E-state index contributed by atoms with van der Waals surface area (Å²) in [5.41, 5.74) is 7.13. The van der Waals surface area contributed by atoms with Crippen molar-refractivity contribution in [3.05, 3.63) is 149 Å². The Morgan fingerprint density at radius 2 is 1.62 bits per heavy atom. The summed E-state index contributed by atoms with van der Waals surface area (Å²) in [5.74, 6) is 0.452. The third kappa shape index (κ3) is 8.56. The second-order valence-corrected chi connectivity index (χ2v) is 12.7. The number of benzene rings is 4. The molecule has 0 saturated carbocycles. The molecule has 0 radical (unpaired) electrons. The fourth-order valence-corrected chi connectivity index (χ4v) is 6.52. The lowest BCUT2D eigenvalue weighted by molar-refractivity contribution is -0.245. The van der Waals surface area contributed by atoms with Crippen molar-refractivity contribution in [1.82, 2.24) is 10.3 Å². The van der Waals surface area contributed by atoms with E-state index in [2.05, 4.69) is 33.8 Å². The van der Waals surface area contributed by atoms with Gasteiger partial charge in [-0.1, -0.05) is 72.8 Å². The highest BCUT2D eigenvalue weighted by Crippen LogP contribution is 2.40. The Kier molecular flexibility index (Phi) is 10.9. The molecule has 6 rings (SSSR count). The first-order chi connectivity index (χ1) is 23.4. The average molecular weight is 660 g/mol. The molecule has 1 saturated heterocycles. The van der Waals surface area contributed by atoms with Crippen LogP contribution in [0.4, 0.5) is 5.69 Å². The van der Waals surface area contributed by atoms with Gasteiger partial charge in [-0.25, -0.2) is 0 Å². The molecule has 1 aliphatic heterocycles. The fraction of sp³-hybridized carbons (Fsp3) is 0.205. The number of hydrogen-bond acceptors (Lipinski definition) is 7. The van der Waals surface area contributed by atoms with Crippen molar-refractivity contribution in [2.45, 2.75) is 49.9 Å². The van der Waals surface area contributed by atoms with Crippen LogP contribution >= 0.6 is 11.8 Å². The molecule has 2 amide bonds. The summed E-state index contributed by atoms with van der Waals surface area (Å²) >= 11 is 1.70. The van der Waals surface area contributed by atoms with Gasteiger partial charge in [0.15, 0.2) is 6.29 Å². The molecule has 5 aromatic rings. The Bertz CT molecular complexity index is 1820. The third-order valence-corrected chi connectivity index (χ3v) is 9.24. The molecule has 2 heterocycles. The molecule has 48 heavy (non-hydrogen) atoms. The Labute approximate surface area is 284 Å². The van der Waals surface area contributed by atoms with Crippen molar-refractivity contribution >= 4 is 29.3 Å². The van der Waals surface area contributed by atoms with Crippen LogP contribution in [0, 0.1) is 0 Å². The smallest absolute Gasteiger partial charge is 0.253 e. The molecule has 8 nitrogen and oxygen atoms in total. The van der Waals surface area contributed by atoms with E-state index in [0.29, 0.717) is 18.5 Å². The van der Waals surface area contributed by atoms with Gasteiger partial charge in [0.1, 0.15) is 0 Å². The van der Waals surface area contributed by atoms with Crippen LogP contribution in [-0.2, 0) is 27.4 Å². The van der Waals surface area contributed by atoms with E-state index in [0.717, 1.165) is 49.7 Å². The minimum Gasteiger partial charge on any atom is -0.392 e. The van der Waals surface area contributed by atoms with Crippen LogP contribution in [0.2, 0.25) is 0 Å². The first-order valence-corrected chi connectivity index (χ1v) is 16.8. The van der Waals surface area contributed by atoms with Crippen LogP contribution in [0.25, 0.3) is 11.1 Å². The quantitative estimate of drug-likeness (QED) is 0.126. The summed E-state index contributed by atoms with van der Waals surface area (Å²) in [4.78, 5) is 29.2. The van der Waals surface area contributed by atoms with Gasteiger partial charge in [0.05, 0.1) is 24.4 Å². The summed E-state index contributed by atoms with van der Waals surface area (Å²) in [5, 5.41) is 15.3. The predicted octanol–water partition coefficient (Wildman–Crippen LogP) is 7.47. The molecule has 0 aliphatic carbocycles. The summed E-state index contributed by atoms with van der Waals surface area (Å²) in [7, 11) is 0. The highest BCUT2D eigenvalue weighted by molar-refractivity contribution is 7.99. The number of aliphatic hydroxyl groups is 1. The third-order valence-electron chi connectivity index (χ3n) is 8.10. The first kappa shape index (κ1) is 33.1. The normalized spacial score (nSPS) is 17.4. The number of hydrogen-bond donors (Lipinski definition) is 3. The number of nitrogens with zero attached hydrogens (tertiary/aromatic N) is 1. The van der Waals surface area contributed by atoms with Gasteiger partial charge in [0.25, 0.3) is 5.91 Å². The first-order valence-electron chi connectivity index (χ1n) is 15.8. The Balaban J connectivity index is 1.17. The molecule has 1 aliphatic rings. The minimum atomic E-state index is -0.572. The van der Waals surface area contributed by atoms with E-state index in [1.807, 2.05) is 78.9 Å². The van der Waals surface area contributed by atoms with Gasteiger partial charge >= 0.3 is 0 Å². The van der Waals surface area contributed by atoms with Crippen LogP contribution in [0.15, 0.2) is 126 Å². The SMILES string of the molecule is CC(=O)Nc1ccc(SC[C@H]2C[C@@H](c3ccc(CO)cc3)O[C@@H](c3ccc(-c4ccccc4CNC(=O)c4cccnc4)cc3)O2)cc1. The van der Waals surface area contributed by atoms with E-state index in [-0.39, 0.29) is 30.6 Å². The summed E-state index contributed by atoms with van der Waals surface area (Å²) in [6, 6.07) is 35.4. The maximum absolute atomic E-state index is 12.6. The lowest BCUT2D eigenvalue weighted by atomic mass is 9.97. The molecule has 1 aromatic heterocycles. The Morgan fingerprint density at radius 3 is 2.33 bits per heavy atom. The molecule has 0 bridgehead atoms. The lowest BCUT2D eigenvalue weighted by Gasteiger charge is -2.36. The zero-order chi connectivity index (χ0) is 33.3. The number of rotatable bonds is 11. The van der Waals surface area contributed by atoms with Gasteiger partial charge in [-0.2, -0.15) is 0 Å². The van der Waals surface area contributed by atoms with E-state index in [4.69, 9.17) is 9.47 Å². The van der Waals surface area contributed by atoms with Crippen LogP contribution in [0.3, 0.4) is 0 Å². The lowest BCUT2D eigenvalue weighted by Crippen LogP contribution is -2.31. The van der Waals surface area contributed by atoms with E-state index < -0.39 is 6.29 Å². The number of carbonyl (C=O) groups excluding carboxylic acids is 2. The maximum atomic E-state index is 12.6. The van der Waals surface area contributed by atoms with Crippen molar-refractivity contribution < 1.29 is 24.2 Å². The van der Waals surface area contributed by atoms with E-state index >= 15 is 0 Å². The van der Waals surface area contributed by atoms with Crippen molar-refractivity contribution in [2.24, 2.45) is 0 Å². The standard InChI is InChI=1S/C39H37N3O5S/c1-26(44)42-33-16-18-35(19-17-33)48-25-34-21-37(29-10-8-27(24-43)9-11-29)47-39(46-34)30-14-12-28(13-15-30)36-7-3-2-5-31(36)23-41-38(45)32-6-4-20-40-22-32/h2-20,22,34,37,39,43H,21,23-25H2,1H3,(H,41,45)(H,42,44)/t34-,37+,39+/m1/s1. The second-order valence-electron chi connectivity index (χ2n) is 11.6. The number of pyridine rings is 1. The number of carbonyl (C=O) groups is 2. The number of aromatic nitrogens is 1. The zero-order valence-corrected chi connectivity index (χ0v) is 27.4. The van der Waals surface area contributed by atoms with Gasteiger partial charge in [-0.15, -0.1) is 11.8 Å². The molecule has 244 valence electrons. The van der Waals surface area contributed by atoms with Gasteiger partial charge in [-0.05, 0) is 64.2 Å². The summed E-state index contributed by atoms with van der Waals surface area (Å²) in [6.45, 7) is 1.87. The predicted molar refractivity (Wildman–Crippen MR) is 187 cm³/mol. The molecular formula is C39H37N3O5S. The molecule has 0 unspecified atom stereocenters. The molecule has 1 fully saturated rings. The second kappa shape index (κ2) is 15.9. The number of thioether (sulfide) groups is 1. The highest BCUT2D eigenvalue weighted by atomic mass is 32.2. The van der Waals surface area contributed by atoms with Crippen LogP contribution in [0.1, 0.15) is 58.4 Å². The molecule has 3 atom stereocenters. The maximum Gasteiger partial charge on any atom is 0.253 e. The van der Waals surface area contributed by atoms with Gasteiger partial charge in [0.2, 0.25) is 5.91 Å². The van der Waals surface area contributed by atoms with Crippen LogP contribution < -0.4 is 10.6 Å². The molecule has 0 spiro atoms. The van der Waals surface area contributed by atoms with Crippen LogP contribution in [-0.4, -0.2) is 33.8 Å². The van der Waals surface area contributed by atoms with Crippen molar-refractivity contribution in [3.8, 4) is 11.1 Å². The van der Waals surface area contributed by atoms with Gasteiger partial charge in [0, 0.05) is 54.2 Å². The monoisotopic (exact) mass is 659 g/mol. The molecule has 4 aromatic carbocycles. The highest BCUT2D eigenvalue weighted by Gasteiger charge is 2.32. The van der Waals surface area contributed by atoms with E-state index in [1.165, 1.54) is 6.92 Å². The van der Waals surface area contributed by atoms with Crippen molar-refractivity contribution in [2.75, 3.05) is 11.1 Å². The topological polar surface area (TPSA) is 110 Å². The number of aliphatic hydroxyl groups excluding tert-OH is 1.